The van der Waals surface area contributed by atoms with Crippen molar-refractivity contribution in [3.8, 4) is 0 Å². The lowest BCUT2D eigenvalue weighted by Gasteiger charge is -2.31. The smallest absolute Gasteiger partial charge is 0.148 e. The van der Waals surface area contributed by atoms with Gasteiger partial charge < -0.3 is 5.73 Å². The number of nitrogens with two attached hydrogens (primary N) is 1. The summed E-state index contributed by atoms with van der Waals surface area (Å²) in [6, 6.07) is 0.306. The molecule has 2 rings (SSSR count). The summed E-state index contributed by atoms with van der Waals surface area (Å²) in [6.45, 7) is 5.20. The summed E-state index contributed by atoms with van der Waals surface area (Å²) < 4.78 is 0. The van der Waals surface area contributed by atoms with Gasteiger partial charge in [-0.2, -0.15) is 11.8 Å². The molecule has 0 bridgehead atoms. The van der Waals surface area contributed by atoms with Crippen molar-refractivity contribution in [1.82, 2.24) is 14.9 Å². The van der Waals surface area contributed by atoms with Crippen LogP contribution in [0.3, 0.4) is 0 Å². The SMILES string of the molecule is CCc1c(C)nc(C2CSCCN2C)nc1N. The molecule has 1 aromatic heterocycles. The average Bonchev–Trinajstić information content (AvgIpc) is 2.29. The third-order valence-electron chi connectivity index (χ3n) is 3.31. The van der Waals surface area contributed by atoms with Crippen LogP contribution in [0.2, 0.25) is 0 Å². The zero-order valence-corrected chi connectivity index (χ0v) is 11.5. The van der Waals surface area contributed by atoms with Crippen LogP contribution in [0.25, 0.3) is 0 Å². The number of anilines is 1. The highest BCUT2D eigenvalue weighted by Crippen LogP contribution is 2.27. The van der Waals surface area contributed by atoms with Crippen LogP contribution in [-0.4, -0.2) is 40.0 Å². The van der Waals surface area contributed by atoms with Gasteiger partial charge in [0.25, 0.3) is 0 Å². The lowest BCUT2D eigenvalue weighted by molar-refractivity contribution is 0.264. The summed E-state index contributed by atoms with van der Waals surface area (Å²) in [5.41, 5.74) is 8.12. The standard InChI is InChI=1S/C12H20N4S/c1-4-9-8(2)14-12(15-11(9)13)10-7-17-6-5-16(10)3/h10H,4-7H2,1-3H3,(H2,13,14,15). The second-order valence-electron chi connectivity index (χ2n) is 4.46. The Kier molecular flexibility index (Phi) is 3.89. The molecule has 5 heteroatoms. The molecule has 2 N–H and O–H groups in total. The first-order chi connectivity index (χ1) is 8.13. The summed E-state index contributed by atoms with van der Waals surface area (Å²) in [5, 5.41) is 0. The van der Waals surface area contributed by atoms with Crippen molar-refractivity contribution in [2.24, 2.45) is 0 Å². The number of hydrogen-bond donors (Lipinski definition) is 1. The number of nitrogen functional groups attached to an aromatic ring is 1. The maximum atomic E-state index is 6.01. The number of nitrogens with zero attached hydrogens (tertiary/aromatic N) is 3. The quantitative estimate of drug-likeness (QED) is 0.867. The fraction of sp³-hybridized carbons (Fsp3) is 0.667. The zero-order valence-electron chi connectivity index (χ0n) is 10.7. The molecule has 1 aliphatic heterocycles. The molecule has 1 saturated heterocycles. The van der Waals surface area contributed by atoms with Gasteiger partial charge in [-0.3, -0.25) is 4.90 Å². The van der Waals surface area contributed by atoms with Crippen LogP contribution in [0, 0.1) is 6.92 Å². The molecule has 1 aromatic rings. The van der Waals surface area contributed by atoms with Gasteiger partial charge in [-0.15, -0.1) is 0 Å². The highest BCUT2D eigenvalue weighted by molar-refractivity contribution is 7.99. The molecule has 1 atom stereocenters. The summed E-state index contributed by atoms with van der Waals surface area (Å²) in [4.78, 5) is 11.4. The van der Waals surface area contributed by atoms with Gasteiger partial charge in [-0.25, -0.2) is 9.97 Å². The van der Waals surface area contributed by atoms with Crippen LogP contribution in [0.15, 0.2) is 0 Å². The van der Waals surface area contributed by atoms with Crippen LogP contribution in [0.5, 0.6) is 0 Å². The lowest BCUT2D eigenvalue weighted by Crippen LogP contribution is -2.34. The molecule has 94 valence electrons. The second-order valence-corrected chi connectivity index (χ2v) is 5.61. The van der Waals surface area contributed by atoms with E-state index in [1.807, 2.05) is 18.7 Å². The van der Waals surface area contributed by atoms with Gasteiger partial charge in [0.05, 0.1) is 6.04 Å². The summed E-state index contributed by atoms with van der Waals surface area (Å²) >= 11 is 1.96. The van der Waals surface area contributed by atoms with Gasteiger partial charge in [0.1, 0.15) is 11.6 Å². The van der Waals surface area contributed by atoms with Gasteiger partial charge in [-0.05, 0) is 20.4 Å². The molecular weight excluding hydrogens is 232 g/mol. The average molecular weight is 252 g/mol. The molecule has 2 heterocycles. The van der Waals surface area contributed by atoms with Crippen molar-refractivity contribution < 1.29 is 0 Å². The van der Waals surface area contributed by atoms with Crippen molar-refractivity contribution >= 4 is 17.6 Å². The van der Waals surface area contributed by atoms with E-state index in [2.05, 4.69) is 28.8 Å². The highest BCUT2D eigenvalue weighted by Gasteiger charge is 2.24. The van der Waals surface area contributed by atoms with Crippen LogP contribution in [0.4, 0.5) is 5.82 Å². The van der Waals surface area contributed by atoms with E-state index in [0.717, 1.165) is 35.8 Å². The number of rotatable bonds is 2. The molecule has 1 unspecified atom stereocenters. The lowest BCUT2D eigenvalue weighted by atomic mass is 10.1. The third kappa shape index (κ3) is 2.55. The largest absolute Gasteiger partial charge is 0.383 e. The van der Waals surface area contributed by atoms with E-state index < -0.39 is 0 Å². The minimum absolute atomic E-state index is 0.306. The Morgan fingerprint density at radius 2 is 2.24 bits per heavy atom. The van der Waals surface area contributed by atoms with E-state index in [9.17, 15) is 0 Å². The minimum atomic E-state index is 0.306. The molecule has 1 aliphatic rings. The molecule has 0 aliphatic carbocycles. The molecule has 0 radical (unpaired) electrons. The van der Waals surface area contributed by atoms with E-state index in [0.29, 0.717) is 11.9 Å². The molecule has 1 fully saturated rings. The van der Waals surface area contributed by atoms with Gasteiger partial charge >= 0.3 is 0 Å². The normalized spacial score (nSPS) is 21.7. The first-order valence-electron chi connectivity index (χ1n) is 6.04. The minimum Gasteiger partial charge on any atom is -0.383 e. The Bertz CT molecular complexity index is 384. The highest BCUT2D eigenvalue weighted by atomic mass is 32.2. The number of aryl methyl sites for hydroxylation is 1. The number of aromatic nitrogens is 2. The van der Waals surface area contributed by atoms with E-state index in [1.54, 1.807) is 0 Å². The Balaban J connectivity index is 2.32. The van der Waals surface area contributed by atoms with Crippen molar-refractivity contribution in [2.45, 2.75) is 26.3 Å². The monoisotopic (exact) mass is 252 g/mol. The maximum Gasteiger partial charge on any atom is 0.148 e. The predicted molar refractivity (Wildman–Crippen MR) is 73.3 cm³/mol. The fourth-order valence-electron chi connectivity index (χ4n) is 2.18. The van der Waals surface area contributed by atoms with E-state index >= 15 is 0 Å². The molecule has 17 heavy (non-hydrogen) atoms. The van der Waals surface area contributed by atoms with Crippen molar-refractivity contribution in [1.29, 1.82) is 0 Å². The molecule has 0 saturated carbocycles. The van der Waals surface area contributed by atoms with Crippen molar-refractivity contribution in [3.63, 3.8) is 0 Å². The van der Waals surface area contributed by atoms with Gasteiger partial charge in [0.15, 0.2) is 0 Å². The Hall–Kier alpha value is -0.810. The van der Waals surface area contributed by atoms with Gasteiger partial charge in [0, 0.05) is 29.3 Å². The topological polar surface area (TPSA) is 55.0 Å². The van der Waals surface area contributed by atoms with Crippen LogP contribution in [-0.2, 0) is 6.42 Å². The number of hydrogen-bond acceptors (Lipinski definition) is 5. The molecule has 0 amide bonds. The fourth-order valence-corrected chi connectivity index (χ4v) is 3.40. The molecule has 0 aromatic carbocycles. The third-order valence-corrected chi connectivity index (χ3v) is 4.33. The summed E-state index contributed by atoms with van der Waals surface area (Å²) in [5.74, 6) is 3.78. The Morgan fingerprint density at radius 3 is 2.82 bits per heavy atom. The van der Waals surface area contributed by atoms with Gasteiger partial charge in [0.2, 0.25) is 0 Å². The van der Waals surface area contributed by atoms with Crippen LogP contribution < -0.4 is 5.73 Å². The van der Waals surface area contributed by atoms with E-state index in [1.165, 1.54) is 5.75 Å². The maximum absolute atomic E-state index is 6.01. The van der Waals surface area contributed by atoms with Crippen LogP contribution in [0.1, 0.15) is 30.0 Å². The first-order valence-corrected chi connectivity index (χ1v) is 7.19. The van der Waals surface area contributed by atoms with Crippen molar-refractivity contribution in [2.75, 3.05) is 30.8 Å². The molecular formula is C12H20N4S. The zero-order chi connectivity index (χ0) is 12.4. The molecule has 0 spiro atoms. The molecule has 4 nitrogen and oxygen atoms in total. The summed E-state index contributed by atoms with van der Waals surface area (Å²) in [6.07, 6.45) is 0.896. The Morgan fingerprint density at radius 1 is 1.47 bits per heavy atom. The number of thioether (sulfide) groups is 1. The second kappa shape index (κ2) is 5.23. The van der Waals surface area contributed by atoms with Crippen molar-refractivity contribution in [3.05, 3.63) is 17.1 Å². The first kappa shape index (κ1) is 12.6. The Labute approximate surface area is 107 Å². The predicted octanol–water partition coefficient (Wildman–Crippen LogP) is 1.65. The van der Waals surface area contributed by atoms with Crippen LogP contribution >= 0.6 is 11.8 Å². The van der Waals surface area contributed by atoms with Gasteiger partial charge in [-0.1, -0.05) is 6.92 Å². The van der Waals surface area contributed by atoms with E-state index in [4.69, 9.17) is 5.73 Å². The summed E-state index contributed by atoms with van der Waals surface area (Å²) in [7, 11) is 2.13. The van der Waals surface area contributed by atoms with E-state index in [-0.39, 0.29) is 0 Å².